The number of aryl methyl sites for hydroxylation is 2. The van der Waals surface area contributed by atoms with Gasteiger partial charge in [0.05, 0.1) is 23.9 Å². The molecule has 0 aromatic carbocycles. The first-order valence-electron chi connectivity index (χ1n) is 12.9. The van der Waals surface area contributed by atoms with Gasteiger partial charge in [0, 0.05) is 26.6 Å². The molecule has 36 heavy (non-hydrogen) atoms. The highest BCUT2D eigenvalue weighted by Crippen LogP contribution is 2.59. The molecule has 2 heterocycles. The van der Waals surface area contributed by atoms with Gasteiger partial charge in [-0.05, 0) is 63.5 Å². The molecule has 3 aliphatic rings. The minimum absolute atomic E-state index is 0.000767. The van der Waals surface area contributed by atoms with Gasteiger partial charge in [-0.25, -0.2) is 14.5 Å². The van der Waals surface area contributed by atoms with E-state index in [4.69, 9.17) is 19.2 Å². The fourth-order valence-electron chi connectivity index (χ4n) is 5.62. The average Bonchev–Trinajstić information content (AvgIpc) is 3.23. The summed E-state index contributed by atoms with van der Waals surface area (Å²) in [5.74, 6) is 1.75. The fourth-order valence-corrected chi connectivity index (χ4v) is 5.62. The lowest BCUT2D eigenvalue weighted by molar-refractivity contribution is -0.146. The van der Waals surface area contributed by atoms with Crippen LogP contribution < -0.4 is 4.74 Å². The molecule has 2 aromatic rings. The van der Waals surface area contributed by atoms with Gasteiger partial charge in [-0.2, -0.15) is 0 Å². The van der Waals surface area contributed by atoms with Gasteiger partial charge >= 0.3 is 12.1 Å². The van der Waals surface area contributed by atoms with E-state index in [0.717, 1.165) is 25.1 Å². The monoisotopic (exact) mass is 497 g/mol. The highest BCUT2D eigenvalue weighted by Gasteiger charge is 2.63. The number of nitrogens with zero attached hydrogens (tertiary/aromatic N) is 5. The van der Waals surface area contributed by atoms with Crippen LogP contribution in [-0.2, 0) is 27.9 Å². The van der Waals surface area contributed by atoms with E-state index in [-0.39, 0.29) is 36.6 Å². The average molecular weight is 498 g/mol. The van der Waals surface area contributed by atoms with Gasteiger partial charge in [-0.15, -0.1) is 5.10 Å². The number of hydrogen-bond donors (Lipinski definition) is 0. The van der Waals surface area contributed by atoms with Crippen molar-refractivity contribution in [3.63, 3.8) is 0 Å². The molecule has 2 aromatic heterocycles. The van der Waals surface area contributed by atoms with Crippen LogP contribution in [0.25, 0.3) is 11.4 Å². The van der Waals surface area contributed by atoms with Gasteiger partial charge in [0.15, 0.2) is 0 Å². The number of amides is 1. The first kappa shape index (κ1) is 24.5. The largest absolute Gasteiger partial charge is 0.488 e. The molecule has 4 atom stereocenters. The molecular weight excluding hydrogens is 462 g/mol. The topological polar surface area (TPSA) is 109 Å². The molecule has 194 valence electrons. The number of aromatic nitrogens is 4. The van der Waals surface area contributed by atoms with Crippen LogP contribution in [0.15, 0.2) is 12.1 Å². The van der Waals surface area contributed by atoms with E-state index in [1.807, 2.05) is 26.0 Å². The molecule has 1 unspecified atom stereocenters. The lowest BCUT2D eigenvalue weighted by atomic mass is 9.85. The molecule has 3 saturated carbocycles. The van der Waals surface area contributed by atoms with Crippen molar-refractivity contribution in [2.45, 2.75) is 58.7 Å². The summed E-state index contributed by atoms with van der Waals surface area (Å²) in [6.45, 7) is 4.92. The van der Waals surface area contributed by atoms with E-state index in [1.165, 1.54) is 19.3 Å². The predicted octanol–water partition coefficient (Wildman–Crippen LogP) is 3.52. The van der Waals surface area contributed by atoms with Crippen molar-refractivity contribution in [2.75, 3.05) is 20.2 Å². The van der Waals surface area contributed by atoms with Crippen molar-refractivity contribution in [3.8, 4) is 17.1 Å². The Labute approximate surface area is 211 Å². The van der Waals surface area contributed by atoms with Crippen LogP contribution in [-0.4, -0.2) is 63.2 Å². The first-order valence-corrected chi connectivity index (χ1v) is 12.9. The Balaban J connectivity index is 1.22. The molecule has 10 nitrogen and oxygen atoms in total. The second-order valence-electron chi connectivity index (χ2n) is 10.3. The second kappa shape index (κ2) is 10.1. The number of rotatable bonds is 9. The number of carbonyl (C=O) groups is 2. The summed E-state index contributed by atoms with van der Waals surface area (Å²) in [6.07, 6.45) is 5.15. The van der Waals surface area contributed by atoms with Crippen LogP contribution in [0.1, 0.15) is 50.4 Å². The maximum atomic E-state index is 12.5. The Morgan fingerprint density at radius 2 is 1.97 bits per heavy atom. The molecule has 10 heteroatoms. The van der Waals surface area contributed by atoms with Crippen molar-refractivity contribution in [3.05, 3.63) is 23.5 Å². The van der Waals surface area contributed by atoms with Gasteiger partial charge in [-0.1, -0.05) is 11.6 Å². The van der Waals surface area contributed by atoms with Gasteiger partial charge in [0.2, 0.25) is 0 Å². The van der Waals surface area contributed by atoms with Crippen LogP contribution in [0.3, 0.4) is 0 Å². The number of carbonyl (C=O) groups excluding carboxylic acids is 2. The van der Waals surface area contributed by atoms with E-state index < -0.39 is 0 Å². The minimum Gasteiger partial charge on any atom is -0.488 e. The molecule has 0 bridgehead atoms. The molecular formula is C26H35N5O5. The summed E-state index contributed by atoms with van der Waals surface area (Å²) in [6, 6.07) is 3.74. The molecule has 3 fully saturated rings. The summed E-state index contributed by atoms with van der Waals surface area (Å²) >= 11 is 0. The standard InChI is InChI=1S/C26H35N5O5/c1-5-34-25(32)23-17-9-11-21(22(17)23)36-20-12-10-18(27-15(20)2)24-19(31(4)29-28-24)14-35-26(33)30(3)13-16-7-6-8-16/h10,12,16-17,21-23H,5-9,11,13-14H2,1-4H3/t17-,21+,22-,23?/m1/s1. The summed E-state index contributed by atoms with van der Waals surface area (Å²) in [7, 11) is 3.55. The quantitative estimate of drug-likeness (QED) is 0.484. The molecule has 1 amide bonds. The maximum absolute atomic E-state index is 12.5. The van der Waals surface area contributed by atoms with Crippen molar-refractivity contribution in [1.82, 2.24) is 24.9 Å². The van der Waals surface area contributed by atoms with Gasteiger partial charge in [0.1, 0.15) is 29.8 Å². The Morgan fingerprint density at radius 3 is 2.67 bits per heavy atom. The Bertz CT molecular complexity index is 1130. The van der Waals surface area contributed by atoms with Crippen molar-refractivity contribution >= 4 is 12.1 Å². The molecule has 0 aliphatic heterocycles. The Morgan fingerprint density at radius 1 is 1.17 bits per heavy atom. The maximum Gasteiger partial charge on any atom is 0.409 e. The Hall–Kier alpha value is -3.17. The van der Waals surface area contributed by atoms with E-state index >= 15 is 0 Å². The second-order valence-corrected chi connectivity index (χ2v) is 10.3. The highest BCUT2D eigenvalue weighted by molar-refractivity contribution is 5.77. The van der Waals surface area contributed by atoms with Crippen LogP contribution in [0.2, 0.25) is 0 Å². The molecule has 3 aliphatic carbocycles. The molecule has 5 rings (SSSR count). The normalized spacial score (nSPS) is 24.6. The fraction of sp³-hybridized carbons (Fsp3) is 0.654. The zero-order valence-electron chi connectivity index (χ0n) is 21.5. The van der Waals surface area contributed by atoms with Crippen molar-refractivity contribution < 1.29 is 23.8 Å². The minimum atomic E-state index is -0.349. The molecule has 0 radical (unpaired) electrons. The molecule has 0 N–H and O–H groups in total. The van der Waals surface area contributed by atoms with E-state index in [0.29, 0.717) is 41.3 Å². The number of pyridine rings is 1. The van der Waals surface area contributed by atoms with Crippen LogP contribution in [0.4, 0.5) is 4.79 Å². The third-order valence-electron chi connectivity index (χ3n) is 7.90. The predicted molar refractivity (Wildman–Crippen MR) is 130 cm³/mol. The molecule has 0 saturated heterocycles. The highest BCUT2D eigenvalue weighted by atomic mass is 16.6. The SMILES string of the molecule is CCOC(=O)C1[C@H]2[C@@H](Oc3ccc(-c4nnn(C)c4COC(=O)N(C)CC4CCC4)nc3C)CC[C@@H]12. The van der Waals surface area contributed by atoms with Gasteiger partial charge in [0.25, 0.3) is 0 Å². The zero-order chi connectivity index (χ0) is 25.4. The van der Waals surface area contributed by atoms with E-state index in [9.17, 15) is 9.59 Å². The van der Waals surface area contributed by atoms with Crippen LogP contribution in [0, 0.1) is 30.6 Å². The van der Waals surface area contributed by atoms with Gasteiger partial charge in [-0.3, -0.25) is 4.79 Å². The smallest absolute Gasteiger partial charge is 0.409 e. The zero-order valence-corrected chi connectivity index (χ0v) is 21.5. The third kappa shape index (κ3) is 4.77. The van der Waals surface area contributed by atoms with Crippen molar-refractivity contribution in [2.24, 2.45) is 30.7 Å². The lowest BCUT2D eigenvalue weighted by Gasteiger charge is -2.29. The first-order chi connectivity index (χ1) is 17.4. The number of fused-ring (bicyclic) bond motifs is 1. The Kier molecular flexibility index (Phi) is 6.85. The number of hydrogen-bond acceptors (Lipinski definition) is 8. The number of ether oxygens (including phenoxy) is 3. The molecule has 0 spiro atoms. The summed E-state index contributed by atoms with van der Waals surface area (Å²) in [5, 5.41) is 8.40. The third-order valence-corrected chi connectivity index (χ3v) is 7.90. The number of esters is 1. The van der Waals surface area contributed by atoms with Crippen molar-refractivity contribution in [1.29, 1.82) is 0 Å². The van der Waals surface area contributed by atoms with Crippen LogP contribution in [0.5, 0.6) is 5.75 Å². The van der Waals surface area contributed by atoms with Gasteiger partial charge < -0.3 is 19.1 Å². The van der Waals surface area contributed by atoms with E-state index in [2.05, 4.69) is 10.3 Å². The summed E-state index contributed by atoms with van der Waals surface area (Å²) in [4.78, 5) is 31.0. The van der Waals surface area contributed by atoms with E-state index in [1.54, 1.807) is 23.7 Å². The lowest BCUT2D eigenvalue weighted by Crippen LogP contribution is -2.34. The summed E-state index contributed by atoms with van der Waals surface area (Å²) < 4.78 is 18.7. The van der Waals surface area contributed by atoms with Crippen LogP contribution >= 0.6 is 0 Å². The summed E-state index contributed by atoms with van der Waals surface area (Å²) in [5.41, 5.74) is 2.63.